The van der Waals surface area contributed by atoms with E-state index in [0.717, 1.165) is 19.3 Å². The van der Waals surface area contributed by atoms with Gasteiger partial charge in [-0.05, 0) is 38.3 Å². The van der Waals surface area contributed by atoms with Gasteiger partial charge in [-0.25, -0.2) is 4.98 Å². The zero-order valence-corrected chi connectivity index (χ0v) is 15.6. The van der Waals surface area contributed by atoms with Crippen molar-refractivity contribution in [3.8, 4) is 0 Å². The summed E-state index contributed by atoms with van der Waals surface area (Å²) in [7, 11) is 0. The lowest BCUT2D eigenvalue weighted by Gasteiger charge is -2.18. The van der Waals surface area contributed by atoms with Gasteiger partial charge in [-0.1, -0.05) is 43.7 Å². The summed E-state index contributed by atoms with van der Waals surface area (Å²) < 4.78 is 1.73. The highest BCUT2D eigenvalue weighted by atomic mass is 32.2. The van der Waals surface area contributed by atoms with Gasteiger partial charge in [0.15, 0.2) is 5.16 Å². The molecule has 0 saturated heterocycles. The van der Waals surface area contributed by atoms with Crippen molar-refractivity contribution in [2.75, 3.05) is 5.75 Å². The number of rotatable bonds is 6. The number of hydrogen-bond acceptors (Lipinski definition) is 4. The van der Waals surface area contributed by atoms with Crippen molar-refractivity contribution in [2.24, 2.45) is 0 Å². The van der Waals surface area contributed by atoms with Crippen molar-refractivity contribution in [1.29, 1.82) is 0 Å². The maximum absolute atomic E-state index is 12.9. The minimum Gasteiger partial charge on any atom is -0.353 e. The molecule has 1 aromatic carbocycles. The Morgan fingerprint density at radius 1 is 1.36 bits per heavy atom. The van der Waals surface area contributed by atoms with Gasteiger partial charge in [0, 0.05) is 12.1 Å². The Balaban J connectivity index is 1.83. The Labute approximate surface area is 152 Å². The standard InChI is InChI=1S/C19H25N3O2S/c1-3-13(2)22-18(24)15-10-6-7-11-16(15)21-19(22)25-12-17(23)20-14-8-4-5-9-14/h6-7,10-11,13-14H,3-5,8-9,12H2,1-2H3,(H,20,23)/t13-/m0/s1. The molecule has 1 heterocycles. The lowest BCUT2D eigenvalue weighted by molar-refractivity contribution is -0.119. The average molecular weight is 359 g/mol. The topological polar surface area (TPSA) is 64.0 Å². The third-order valence-electron chi connectivity index (χ3n) is 4.86. The first-order valence-electron chi connectivity index (χ1n) is 9.03. The lowest BCUT2D eigenvalue weighted by atomic mass is 10.2. The zero-order chi connectivity index (χ0) is 17.8. The monoisotopic (exact) mass is 359 g/mol. The Morgan fingerprint density at radius 3 is 2.80 bits per heavy atom. The van der Waals surface area contributed by atoms with E-state index in [4.69, 9.17) is 0 Å². The smallest absolute Gasteiger partial charge is 0.262 e. The fourth-order valence-electron chi connectivity index (χ4n) is 3.27. The Hall–Kier alpha value is -1.82. The molecule has 3 rings (SSSR count). The second-order valence-electron chi connectivity index (χ2n) is 6.68. The molecular weight excluding hydrogens is 334 g/mol. The van der Waals surface area contributed by atoms with Crippen LogP contribution in [0.2, 0.25) is 0 Å². The second kappa shape index (κ2) is 8.04. The summed E-state index contributed by atoms with van der Waals surface area (Å²) in [5.41, 5.74) is 0.657. The van der Waals surface area contributed by atoms with Gasteiger partial charge in [0.1, 0.15) is 0 Å². The van der Waals surface area contributed by atoms with Gasteiger partial charge in [-0.2, -0.15) is 0 Å². The van der Waals surface area contributed by atoms with Crippen molar-refractivity contribution in [2.45, 2.75) is 63.2 Å². The lowest BCUT2D eigenvalue weighted by Crippen LogP contribution is -2.34. The summed E-state index contributed by atoms with van der Waals surface area (Å²) >= 11 is 1.35. The molecule has 6 heteroatoms. The van der Waals surface area contributed by atoms with Crippen molar-refractivity contribution < 1.29 is 4.79 Å². The van der Waals surface area contributed by atoms with Crippen LogP contribution in [-0.4, -0.2) is 27.3 Å². The minimum atomic E-state index is -0.0290. The number of benzene rings is 1. The van der Waals surface area contributed by atoms with Crippen molar-refractivity contribution >= 4 is 28.6 Å². The van der Waals surface area contributed by atoms with Gasteiger partial charge in [-0.15, -0.1) is 0 Å². The maximum atomic E-state index is 12.9. The Bertz CT molecular complexity index is 812. The van der Waals surface area contributed by atoms with Crippen LogP contribution in [0.25, 0.3) is 10.9 Å². The van der Waals surface area contributed by atoms with Crippen LogP contribution >= 0.6 is 11.8 Å². The summed E-state index contributed by atoms with van der Waals surface area (Å²) in [6.07, 6.45) is 5.36. The van der Waals surface area contributed by atoms with Crippen LogP contribution in [0.15, 0.2) is 34.2 Å². The minimum absolute atomic E-state index is 0.0232. The fraction of sp³-hybridized carbons (Fsp3) is 0.526. The van der Waals surface area contributed by atoms with Crippen LogP contribution in [0.1, 0.15) is 52.0 Å². The molecule has 1 fully saturated rings. The van der Waals surface area contributed by atoms with Crippen LogP contribution in [0, 0.1) is 0 Å². The summed E-state index contributed by atoms with van der Waals surface area (Å²) in [6, 6.07) is 7.75. The molecule has 0 bridgehead atoms. The van der Waals surface area contributed by atoms with Gasteiger partial charge >= 0.3 is 0 Å². The highest BCUT2D eigenvalue weighted by molar-refractivity contribution is 7.99. The Morgan fingerprint density at radius 2 is 2.08 bits per heavy atom. The van der Waals surface area contributed by atoms with Gasteiger partial charge in [0.2, 0.25) is 5.91 Å². The molecular formula is C19H25N3O2S. The average Bonchev–Trinajstić information content (AvgIpc) is 3.12. The fourth-order valence-corrected chi connectivity index (χ4v) is 4.18. The van der Waals surface area contributed by atoms with E-state index in [1.807, 2.05) is 38.1 Å². The van der Waals surface area contributed by atoms with E-state index in [9.17, 15) is 9.59 Å². The molecule has 1 atom stereocenters. The number of thioether (sulfide) groups is 1. The number of amides is 1. The molecule has 5 nitrogen and oxygen atoms in total. The predicted molar refractivity (Wildman–Crippen MR) is 102 cm³/mol. The number of fused-ring (bicyclic) bond motifs is 1. The molecule has 1 aromatic heterocycles. The van der Waals surface area contributed by atoms with Crippen molar-refractivity contribution in [3.63, 3.8) is 0 Å². The van der Waals surface area contributed by atoms with Crippen LogP contribution in [0.3, 0.4) is 0 Å². The third-order valence-corrected chi connectivity index (χ3v) is 5.81. The number of aromatic nitrogens is 2. The first-order valence-corrected chi connectivity index (χ1v) is 10.0. The quantitative estimate of drug-likeness (QED) is 0.633. The number of nitrogens with zero attached hydrogens (tertiary/aromatic N) is 2. The molecule has 0 aliphatic heterocycles. The number of hydrogen-bond donors (Lipinski definition) is 1. The SMILES string of the molecule is CC[C@H](C)n1c(SCC(=O)NC2CCCC2)nc2ccccc2c1=O. The molecule has 1 amide bonds. The van der Waals surface area contributed by atoms with Gasteiger partial charge in [-0.3, -0.25) is 14.2 Å². The molecule has 1 aliphatic carbocycles. The van der Waals surface area contributed by atoms with Gasteiger partial charge < -0.3 is 5.32 Å². The summed E-state index contributed by atoms with van der Waals surface area (Å²) in [5, 5.41) is 4.34. The van der Waals surface area contributed by atoms with Crippen LogP contribution < -0.4 is 10.9 Å². The molecule has 134 valence electrons. The van der Waals surface area contributed by atoms with E-state index in [1.165, 1.54) is 24.6 Å². The van der Waals surface area contributed by atoms with E-state index in [2.05, 4.69) is 10.3 Å². The highest BCUT2D eigenvalue weighted by Crippen LogP contribution is 2.23. The van der Waals surface area contributed by atoms with Gasteiger partial charge in [0.25, 0.3) is 5.56 Å². The largest absolute Gasteiger partial charge is 0.353 e. The van der Waals surface area contributed by atoms with Gasteiger partial charge in [0.05, 0.1) is 16.7 Å². The first-order chi connectivity index (χ1) is 12.1. The van der Waals surface area contributed by atoms with E-state index in [-0.39, 0.29) is 23.3 Å². The van der Waals surface area contributed by atoms with E-state index >= 15 is 0 Å². The number of nitrogens with one attached hydrogen (secondary N) is 1. The molecule has 25 heavy (non-hydrogen) atoms. The number of carbonyl (C=O) groups excluding carboxylic acids is 1. The molecule has 1 saturated carbocycles. The van der Waals surface area contributed by atoms with Crippen LogP contribution in [0.5, 0.6) is 0 Å². The van der Waals surface area contributed by atoms with E-state index in [0.29, 0.717) is 22.1 Å². The van der Waals surface area contributed by atoms with E-state index in [1.54, 1.807) is 4.57 Å². The van der Waals surface area contributed by atoms with Crippen molar-refractivity contribution in [3.05, 3.63) is 34.6 Å². The van der Waals surface area contributed by atoms with Crippen molar-refractivity contribution in [1.82, 2.24) is 14.9 Å². The molecule has 0 unspecified atom stereocenters. The molecule has 0 spiro atoms. The molecule has 1 N–H and O–H groups in total. The van der Waals surface area contributed by atoms with Crippen LogP contribution in [0.4, 0.5) is 0 Å². The normalized spacial score (nSPS) is 16.2. The molecule has 1 aliphatic rings. The number of para-hydroxylation sites is 1. The predicted octanol–water partition coefficient (Wildman–Crippen LogP) is 3.52. The summed E-state index contributed by atoms with van der Waals surface area (Å²) in [6.45, 7) is 4.06. The second-order valence-corrected chi connectivity index (χ2v) is 7.62. The third kappa shape index (κ3) is 4.06. The highest BCUT2D eigenvalue weighted by Gasteiger charge is 2.19. The zero-order valence-electron chi connectivity index (χ0n) is 14.8. The Kier molecular flexibility index (Phi) is 5.78. The summed E-state index contributed by atoms with van der Waals surface area (Å²) in [5.74, 6) is 0.313. The van der Waals surface area contributed by atoms with E-state index < -0.39 is 0 Å². The first kappa shape index (κ1) is 18.0. The molecule has 2 aromatic rings. The summed E-state index contributed by atoms with van der Waals surface area (Å²) in [4.78, 5) is 29.8. The molecule has 0 radical (unpaired) electrons. The maximum Gasteiger partial charge on any atom is 0.262 e. The van der Waals surface area contributed by atoms with Crippen LogP contribution in [-0.2, 0) is 4.79 Å². The number of carbonyl (C=O) groups is 1.